The molecular formula is C18H26N6O2. The molecule has 1 heterocycles. The van der Waals surface area contributed by atoms with Crippen molar-refractivity contribution < 1.29 is 4.92 Å². The van der Waals surface area contributed by atoms with Crippen LogP contribution in [0.4, 0.5) is 17.3 Å². The van der Waals surface area contributed by atoms with Gasteiger partial charge in [-0.05, 0) is 25.1 Å². The zero-order chi connectivity index (χ0) is 19.2. The van der Waals surface area contributed by atoms with Crippen LogP contribution in [0.15, 0.2) is 36.7 Å². The highest BCUT2D eigenvalue weighted by Crippen LogP contribution is 2.30. The summed E-state index contributed by atoms with van der Waals surface area (Å²) in [4.78, 5) is 21.4. The first-order valence-electron chi connectivity index (χ1n) is 8.44. The molecule has 0 radical (unpaired) electrons. The first-order valence-corrected chi connectivity index (χ1v) is 8.44. The van der Waals surface area contributed by atoms with E-state index in [1.807, 2.05) is 44.4 Å². The lowest BCUT2D eigenvalue weighted by molar-refractivity contribution is -0.383. The van der Waals surface area contributed by atoms with Crippen LogP contribution in [0, 0.1) is 15.5 Å². The van der Waals surface area contributed by atoms with Crippen LogP contribution in [-0.2, 0) is 6.54 Å². The van der Waals surface area contributed by atoms with E-state index in [2.05, 4.69) is 39.3 Å². The molecule has 0 spiro atoms. The second-order valence-corrected chi connectivity index (χ2v) is 7.27. The minimum atomic E-state index is -0.450. The maximum Gasteiger partial charge on any atom is 0.353 e. The second kappa shape index (κ2) is 8.57. The number of aromatic nitrogens is 2. The van der Waals surface area contributed by atoms with Crippen LogP contribution in [0.2, 0.25) is 0 Å². The van der Waals surface area contributed by atoms with Crippen molar-refractivity contribution in [2.24, 2.45) is 5.41 Å². The lowest BCUT2D eigenvalue weighted by Crippen LogP contribution is -2.34. The fraction of sp³-hybridized carbons (Fsp3) is 0.444. The Morgan fingerprint density at radius 3 is 2.31 bits per heavy atom. The minimum Gasteiger partial charge on any atom is -0.364 e. The van der Waals surface area contributed by atoms with E-state index in [1.54, 1.807) is 0 Å². The van der Waals surface area contributed by atoms with Gasteiger partial charge >= 0.3 is 5.69 Å². The van der Waals surface area contributed by atoms with Crippen molar-refractivity contribution in [2.45, 2.75) is 20.4 Å². The summed E-state index contributed by atoms with van der Waals surface area (Å²) in [6, 6.07) is 9.66. The third-order valence-corrected chi connectivity index (χ3v) is 3.79. The van der Waals surface area contributed by atoms with Gasteiger partial charge in [-0.3, -0.25) is 10.1 Å². The maximum absolute atomic E-state index is 11.6. The molecule has 0 saturated carbocycles. The Labute approximate surface area is 153 Å². The smallest absolute Gasteiger partial charge is 0.353 e. The normalized spacial score (nSPS) is 11.4. The van der Waals surface area contributed by atoms with E-state index in [0.29, 0.717) is 13.1 Å². The number of rotatable bonds is 9. The van der Waals surface area contributed by atoms with Gasteiger partial charge in [0, 0.05) is 19.6 Å². The molecule has 0 atom stereocenters. The number of nitro groups is 1. The number of nitrogens with zero attached hydrogens (tertiary/aromatic N) is 4. The SMILES string of the molecule is CN(C)CC(C)(C)CNc1ncnc(NCc2ccccc2)c1[N+](=O)[O-]. The van der Waals surface area contributed by atoms with Crippen LogP contribution < -0.4 is 10.6 Å². The van der Waals surface area contributed by atoms with Crippen molar-refractivity contribution >= 4 is 17.3 Å². The number of anilines is 2. The molecular weight excluding hydrogens is 332 g/mol. The summed E-state index contributed by atoms with van der Waals surface area (Å²) in [5, 5.41) is 17.8. The molecule has 8 heteroatoms. The molecule has 0 aliphatic rings. The molecule has 2 N–H and O–H groups in total. The van der Waals surface area contributed by atoms with Crippen molar-refractivity contribution in [3.8, 4) is 0 Å². The van der Waals surface area contributed by atoms with E-state index >= 15 is 0 Å². The van der Waals surface area contributed by atoms with E-state index in [0.717, 1.165) is 12.1 Å². The van der Waals surface area contributed by atoms with Crippen molar-refractivity contribution in [2.75, 3.05) is 37.8 Å². The Bertz CT molecular complexity index is 734. The Balaban J connectivity index is 2.15. The topological polar surface area (TPSA) is 96.2 Å². The van der Waals surface area contributed by atoms with Crippen LogP contribution >= 0.6 is 0 Å². The van der Waals surface area contributed by atoms with Crippen molar-refractivity contribution in [1.82, 2.24) is 14.9 Å². The van der Waals surface area contributed by atoms with E-state index in [4.69, 9.17) is 0 Å². The maximum atomic E-state index is 11.6. The van der Waals surface area contributed by atoms with Gasteiger partial charge in [0.1, 0.15) is 6.33 Å². The molecule has 1 aromatic heterocycles. The fourth-order valence-corrected chi connectivity index (χ4v) is 2.83. The van der Waals surface area contributed by atoms with E-state index < -0.39 is 4.92 Å². The number of benzene rings is 1. The molecule has 140 valence electrons. The average Bonchev–Trinajstić information content (AvgIpc) is 2.57. The van der Waals surface area contributed by atoms with Crippen LogP contribution in [0.1, 0.15) is 19.4 Å². The molecule has 0 aliphatic heterocycles. The van der Waals surface area contributed by atoms with Crippen LogP contribution in [-0.4, -0.2) is 47.0 Å². The zero-order valence-electron chi connectivity index (χ0n) is 15.7. The largest absolute Gasteiger partial charge is 0.364 e. The second-order valence-electron chi connectivity index (χ2n) is 7.27. The number of hydrogen-bond acceptors (Lipinski definition) is 7. The molecule has 2 aromatic rings. The number of hydrogen-bond donors (Lipinski definition) is 2. The van der Waals surface area contributed by atoms with Crippen molar-refractivity contribution in [3.63, 3.8) is 0 Å². The summed E-state index contributed by atoms with van der Waals surface area (Å²) < 4.78 is 0. The first kappa shape index (κ1) is 19.6. The van der Waals surface area contributed by atoms with Crippen LogP contribution in [0.25, 0.3) is 0 Å². The van der Waals surface area contributed by atoms with Gasteiger partial charge in [-0.25, -0.2) is 9.97 Å². The van der Waals surface area contributed by atoms with Gasteiger partial charge < -0.3 is 15.5 Å². The molecule has 26 heavy (non-hydrogen) atoms. The third kappa shape index (κ3) is 5.66. The Morgan fingerprint density at radius 1 is 1.12 bits per heavy atom. The van der Waals surface area contributed by atoms with Crippen LogP contribution in [0.5, 0.6) is 0 Å². The highest BCUT2D eigenvalue weighted by atomic mass is 16.6. The minimum absolute atomic E-state index is 0.0695. The molecule has 1 aromatic carbocycles. The van der Waals surface area contributed by atoms with Gasteiger partial charge in [0.25, 0.3) is 0 Å². The van der Waals surface area contributed by atoms with Gasteiger partial charge in [0.2, 0.25) is 11.6 Å². The third-order valence-electron chi connectivity index (χ3n) is 3.79. The quantitative estimate of drug-likeness (QED) is 0.525. The van der Waals surface area contributed by atoms with Crippen molar-refractivity contribution in [3.05, 3.63) is 52.3 Å². The highest BCUT2D eigenvalue weighted by molar-refractivity contribution is 5.69. The summed E-state index contributed by atoms with van der Waals surface area (Å²) >= 11 is 0. The zero-order valence-corrected chi connectivity index (χ0v) is 15.7. The summed E-state index contributed by atoms with van der Waals surface area (Å²) in [6.45, 7) is 6.05. The standard InChI is InChI=1S/C18H26N6O2/c1-18(2,12-23(3)4)11-20-17-15(24(25)26)16(21-13-22-17)19-10-14-8-6-5-7-9-14/h5-9,13H,10-12H2,1-4H3,(H2,19,20,21,22). The summed E-state index contributed by atoms with van der Waals surface area (Å²) in [5.74, 6) is 0.439. The van der Waals surface area contributed by atoms with Crippen LogP contribution in [0.3, 0.4) is 0 Å². The van der Waals surface area contributed by atoms with E-state index in [1.165, 1.54) is 6.33 Å². The number of nitrogens with one attached hydrogen (secondary N) is 2. The van der Waals surface area contributed by atoms with Gasteiger partial charge in [-0.2, -0.15) is 0 Å². The Kier molecular flexibility index (Phi) is 6.46. The molecule has 0 saturated heterocycles. The highest BCUT2D eigenvalue weighted by Gasteiger charge is 2.25. The van der Waals surface area contributed by atoms with Gasteiger partial charge in [-0.1, -0.05) is 44.2 Å². The Morgan fingerprint density at radius 2 is 1.73 bits per heavy atom. The summed E-state index contributed by atoms with van der Waals surface area (Å²) in [6.07, 6.45) is 1.33. The molecule has 8 nitrogen and oxygen atoms in total. The average molecular weight is 358 g/mol. The predicted molar refractivity (Wildman–Crippen MR) is 103 cm³/mol. The lowest BCUT2D eigenvalue weighted by Gasteiger charge is -2.28. The van der Waals surface area contributed by atoms with Gasteiger partial charge in [0.15, 0.2) is 0 Å². The lowest BCUT2D eigenvalue weighted by atomic mass is 9.93. The molecule has 0 amide bonds. The predicted octanol–water partition coefficient (Wildman–Crippen LogP) is 3.00. The molecule has 0 unspecified atom stereocenters. The first-order chi connectivity index (χ1) is 12.3. The molecule has 2 rings (SSSR count). The van der Waals surface area contributed by atoms with E-state index in [-0.39, 0.29) is 22.7 Å². The van der Waals surface area contributed by atoms with Gasteiger partial charge in [-0.15, -0.1) is 0 Å². The van der Waals surface area contributed by atoms with Crippen molar-refractivity contribution in [1.29, 1.82) is 0 Å². The van der Waals surface area contributed by atoms with E-state index in [9.17, 15) is 10.1 Å². The molecule has 0 bridgehead atoms. The fourth-order valence-electron chi connectivity index (χ4n) is 2.83. The molecule has 0 aliphatic carbocycles. The summed E-state index contributed by atoms with van der Waals surface area (Å²) in [7, 11) is 4.00. The monoisotopic (exact) mass is 358 g/mol. The molecule has 0 fully saturated rings. The summed E-state index contributed by atoms with van der Waals surface area (Å²) in [5.41, 5.74) is 0.811. The Hall–Kier alpha value is -2.74. The van der Waals surface area contributed by atoms with Gasteiger partial charge in [0.05, 0.1) is 4.92 Å².